The third-order valence-electron chi connectivity index (χ3n) is 7.69. The maximum atomic E-state index is 13.2. The summed E-state index contributed by atoms with van der Waals surface area (Å²) in [6, 6.07) is 9.05. The second kappa shape index (κ2) is 9.99. The summed E-state index contributed by atoms with van der Waals surface area (Å²) in [6.07, 6.45) is 5.92. The Morgan fingerprint density at radius 1 is 1.20 bits per heavy atom. The first-order valence-corrected chi connectivity index (χ1v) is 13.7. The highest BCUT2D eigenvalue weighted by Crippen LogP contribution is 2.58. The molecule has 214 valence electrons. The molecule has 0 unspecified atom stereocenters. The van der Waals surface area contributed by atoms with E-state index in [1.165, 1.54) is 0 Å². The van der Waals surface area contributed by atoms with E-state index in [4.69, 9.17) is 14.0 Å². The van der Waals surface area contributed by atoms with Crippen LogP contribution in [0.3, 0.4) is 0 Å². The van der Waals surface area contributed by atoms with Crippen LogP contribution in [0.5, 0.6) is 0 Å². The number of imidazole rings is 1. The van der Waals surface area contributed by atoms with Crippen LogP contribution in [0.4, 0.5) is 10.5 Å². The van der Waals surface area contributed by atoms with E-state index < -0.39 is 5.60 Å². The monoisotopic (exact) mass is 558 g/mol. The number of benzene rings is 1. The first-order valence-electron chi connectivity index (χ1n) is 13.7. The Hall–Kier alpha value is -4.25. The molecule has 1 saturated heterocycles. The van der Waals surface area contributed by atoms with Crippen LogP contribution >= 0.6 is 0 Å². The maximum absolute atomic E-state index is 13.2. The van der Waals surface area contributed by atoms with E-state index in [9.17, 15) is 9.59 Å². The molecule has 2 aliphatic rings. The number of likely N-dealkylation sites (tertiary alicyclic amines) is 1. The van der Waals surface area contributed by atoms with Crippen LogP contribution in [0, 0.1) is 12.3 Å². The maximum Gasteiger partial charge on any atom is 0.410 e. The van der Waals surface area contributed by atoms with Gasteiger partial charge in [0.15, 0.2) is 0 Å². The number of carbonyl (C=O) groups excluding carboxylic acids is 2. The van der Waals surface area contributed by atoms with Crippen molar-refractivity contribution in [2.24, 2.45) is 5.41 Å². The van der Waals surface area contributed by atoms with Crippen LogP contribution in [-0.2, 0) is 16.1 Å². The Morgan fingerprint density at radius 2 is 2.00 bits per heavy atom. The molecule has 1 aliphatic carbocycles. The van der Waals surface area contributed by atoms with E-state index in [1.54, 1.807) is 22.6 Å². The number of carbonyl (C=O) groups is 2. The number of hydrogen-bond donors (Lipinski definition) is 1. The average molecular weight is 559 g/mol. The quantitative estimate of drug-likeness (QED) is 0.327. The molecule has 11 nitrogen and oxygen atoms in total. The Labute approximate surface area is 237 Å². The number of fused-ring (bicyclic) bond motifs is 1. The highest BCUT2D eigenvalue weighted by molar-refractivity contribution is 6.04. The van der Waals surface area contributed by atoms with E-state index in [2.05, 4.69) is 20.4 Å². The molecular formula is C30H34N6O5. The van der Waals surface area contributed by atoms with Gasteiger partial charge in [0, 0.05) is 31.1 Å². The predicted molar refractivity (Wildman–Crippen MR) is 150 cm³/mol. The van der Waals surface area contributed by atoms with E-state index in [0.29, 0.717) is 47.5 Å². The first kappa shape index (κ1) is 26.9. The van der Waals surface area contributed by atoms with Crippen LogP contribution in [0.2, 0.25) is 0 Å². The van der Waals surface area contributed by atoms with Gasteiger partial charge in [-0.05, 0) is 81.7 Å². The van der Waals surface area contributed by atoms with Crippen molar-refractivity contribution in [2.45, 2.75) is 65.2 Å². The smallest absolute Gasteiger partial charge is 0.410 e. The lowest BCUT2D eigenvalue weighted by Gasteiger charge is -2.27. The molecule has 41 heavy (non-hydrogen) atoms. The summed E-state index contributed by atoms with van der Waals surface area (Å²) in [5.41, 5.74) is 3.75. The van der Waals surface area contributed by atoms with Crippen molar-refractivity contribution in [3.8, 4) is 11.4 Å². The molecule has 6 rings (SSSR count). The predicted octanol–water partition coefficient (Wildman–Crippen LogP) is 5.55. The molecule has 2 amide bonds. The molecule has 0 bridgehead atoms. The molecule has 1 N–H and O–H groups in total. The van der Waals surface area contributed by atoms with Crippen molar-refractivity contribution >= 4 is 23.3 Å². The topological polar surface area (TPSA) is 124 Å². The minimum absolute atomic E-state index is 0.112. The van der Waals surface area contributed by atoms with E-state index in [0.717, 1.165) is 30.4 Å². The number of rotatable bonds is 6. The van der Waals surface area contributed by atoms with Crippen molar-refractivity contribution in [2.75, 3.05) is 19.0 Å². The molecule has 11 heteroatoms. The van der Waals surface area contributed by atoms with E-state index in [1.807, 2.05) is 64.2 Å². The minimum Gasteiger partial charge on any atom is -0.444 e. The first-order chi connectivity index (χ1) is 19.5. The number of aromatic nitrogens is 4. The summed E-state index contributed by atoms with van der Waals surface area (Å²) in [6.45, 7) is 8.58. The zero-order chi connectivity index (χ0) is 28.9. The Balaban J connectivity index is 1.22. The molecule has 2 fully saturated rings. The van der Waals surface area contributed by atoms with Gasteiger partial charge in [-0.25, -0.2) is 9.78 Å². The van der Waals surface area contributed by atoms with Crippen LogP contribution in [0.25, 0.3) is 17.0 Å². The minimum atomic E-state index is -0.597. The summed E-state index contributed by atoms with van der Waals surface area (Å²) in [5, 5.41) is 7.23. The molecule has 1 spiro atoms. The highest BCUT2D eigenvalue weighted by atomic mass is 16.6. The number of anilines is 1. The number of amides is 2. The van der Waals surface area contributed by atoms with Crippen molar-refractivity contribution < 1.29 is 23.6 Å². The lowest BCUT2D eigenvalue weighted by atomic mass is 10.0. The molecule has 3 aromatic heterocycles. The third-order valence-corrected chi connectivity index (χ3v) is 7.69. The van der Waals surface area contributed by atoms with Gasteiger partial charge in [0.05, 0.1) is 12.8 Å². The van der Waals surface area contributed by atoms with E-state index in [-0.39, 0.29) is 23.5 Å². The largest absolute Gasteiger partial charge is 0.444 e. The van der Waals surface area contributed by atoms with Crippen molar-refractivity contribution in [1.29, 1.82) is 0 Å². The number of nitrogens with zero attached hydrogens (tertiary/aromatic N) is 5. The SMILES string of the molecule is COCc1ccn2c(C(=O)Nc3cc(-c4noc([C@@H]5CC6(CC6)CN5C(=O)OC(C)(C)C)n4)ccc3C)cnc2c1. The normalized spacial score (nSPS) is 17.8. The fourth-order valence-corrected chi connectivity index (χ4v) is 5.35. The van der Waals surface area contributed by atoms with Crippen LogP contribution in [0.1, 0.15) is 73.6 Å². The molecule has 4 heterocycles. The van der Waals surface area contributed by atoms with Crippen LogP contribution in [0.15, 0.2) is 47.2 Å². The van der Waals surface area contributed by atoms with Gasteiger partial charge in [0.25, 0.3) is 5.91 Å². The van der Waals surface area contributed by atoms with Gasteiger partial charge in [-0.3, -0.25) is 14.1 Å². The standard InChI is InChI=1S/C30H34N6O5/c1-18-6-7-20(13-21(18)32-26(37)23-15-31-24-12-19(16-39-5)8-11-35(23)24)25-33-27(41-34-25)22-14-30(9-10-30)17-36(22)28(38)40-29(2,3)4/h6-8,11-13,15,22H,9-10,14,16-17H2,1-5H3,(H,32,37)/t22-/m0/s1. The van der Waals surface area contributed by atoms with Gasteiger partial charge in [-0.15, -0.1) is 0 Å². The molecule has 0 radical (unpaired) electrons. The summed E-state index contributed by atoms with van der Waals surface area (Å²) in [5.74, 6) is 0.482. The number of pyridine rings is 1. The second-order valence-corrected chi connectivity index (χ2v) is 12.1. The second-order valence-electron chi connectivity index (χ2n) is 12.1. The lowest BCUT2D eigenvalue weighted by molar-refractivity contribution is 0.0193. The Morgan fingerprint density at radius 3 is 2.73 bits per heavy atom. The summed E-state index contributed by atoms with van der Waals surface area (Å²) in [7, 11) is 1.64. The molecule has 1 atom stereocenters. The highest BCUT2D eigenvalue weighted by Gasteiger charge is 2.55. The number of hydrogen-bond acceptors (Lipinski definition) is 8. The van der Waals surface area contributed by atoms with Gasteiger partial charge >= 0.3 is 6.09 Å². The molecule has 1 aliphatic heterocycles. The van der Waals surface area contributed by atoms with Crippen LogP contribution < -0.4 is 5.32 Å². The lowest BCUT2D eigenvalue weighted by Crippen LogP contribution is -2.37. The average Bonchev–Trinajstić information content (AvgIpc) is 3.25. The molecule has 1 saturated carbocycles. The zero-order valence-electron chi connectivity index (χ0n) is 23.9. The Kier molecular flexibility index (Phi) is 6.56. The van der Waals surface area contributed by atoms with Crippen molar-refractivity contribution in [3.05, 3.63) is 65.4 Å². The fraction of sp³-hybridized carbons (Fsp3) is 0.433. The molecule has 4 aromatic rings. The van der Waals surface area contributed by atoms with Gasteiger partial charge in [-0.2, -0.15) is 4.98 Å². The summed E-state index contributed by atoms with van der Waals surface area (Å²) >= 11 is 0. The van der Waals surface area contributed by atoms with Crippen LogP contribution in [-0.4, -0.2) is 55.7 Å². The van der Waals surface area contributed by atoms with Gasteiger partial charge in [-0.1, -0.05) is 17.3 Å². The Bertz CT molecular complexity index is 1630. The third kappa shape index (κ3) is 5.41. The molecular weight excluding hydrogens is 524 g/mol. The van der Waals surface area contributed by atoms with Crippen molar-refractivity contribution in [1.82, 2.24) is 24.4 Å². The summed E-state index contributed by atoms with van der Waals surface area (Å²) in [4.78, 5) is 37.1. The van der Waals surface area contributed by atoms with Gasteiger partial charge < -0.3 is 19.3 Å². The fourth-order valence-electron chi connectivity index (χ4n) is 5.35. The number of ether oxygens (including phenoxy) is 2. The van der Waals surface area contributed by atoms with Gasteiger partial charge in [0.1, 0.15) is 23.0 Å². The number of nitrogens with one attached hydrogen (secondary N) is 1. The summed E-state index contributed by atoms with van der Waals surface area (Å²) < 4.78 is 18.3. The van der Waals surface area contributed by atoms with E-state index >= 15 is 0 Å². The zero-order valence-corrected chi connectivity index (χ0v) is 23.9. The number of methoxy groups -OCH3 is 1. The van der Waals surface area contributed by atoms with Gasteiger partial charge in [0.2, 0.25) is 11.7 Å². The van der Waals surface area contributed by atoms with Crippen molar-refractivity contribution in [3.63, 3.8) is 0 Å². The number of aryl methyl sites for hydroxylation is 1. The molecule has 1 aromatic carbocycles.